The number of fused-ring (bicyclic) bond motifs is 1. The Morgan fingerprint density at radius 2 is 2.00 bits per heavy atom. The van der Waals surface area contributed by atoms with Crippen molar-refractivity contribution in [1.82, 2.24) is 9.97 Å². The molecule has 0 aliphatic carbocycles. The molecule has 3 aromatic rings. The van der Waals surface area contributed by atoms with E-state index in [2.05, 4.69) is 9.97 Å². The Morgan fingerprint density at radius 3 is 2.79 bits per heavy atom. The topological polar surface area (TPSA) is 55.0 Å². The number of hydrogen-bond donors (Lipinski definition) is 1. The lowest BCUT2D eigenvalue weighted by atomic mass is 10.1. The highest BCUT2D eigenvalue weighted by Crippen LogP contribution is 2.32. The van der Waals surface area contributed by atoms with Crippen LogP contribution in [0.4, 0.5) is 8.78 Å². The number of hydrogen-bond acceptors (Lipinski definition) is 3. The van der Waals surface area contributed by atoms with Crippen LogP contribution in [0.5, 0.6) is 5.75 Å². The maximum atomic E-state index is 14.2. The van der Waals surface area contributed by atoms with Crippen LogP contribution in [0.3, 0.4) is 0 Å². The van der Waals surface area contributed by atoms with Crippen molar-refractivity contribution in [1.29, 1.82) is 0 Å². The van der Waals surface area contributed by atoms with Gasteiger partial charge in [0.2, 0.25) is 0 Å². The maximum absolute atomic E-state index is 14.2. The zero-order valence-corrected chi connectivity index (χ0v) is 13.1. The van der Waals surface area contributed by atoms with Gasteiger partial charge in [-0.15, -0.1) is 0 Å². The first-order valence-electron chi connectivity index (χ1n) is 7.71. The summed E-state index contributed by atoms with van der Waals surface area (Å²) in [6, 6.07) is 8.63. The van der Waals surface area contributed by atoms with Crippen LogP contribution in [-0.2, 0) is 0 Å². The third kappa shape index (κ3) is 3.13. The van der Waals surface area contributed by atoms with Gasteiger partial charge in [-0.25, -0.2) is 13.8 Å². The fraction of sp³-hybridized carbons (Fsp3) is 0.222. The van der Waals surface area contributed by atoms with E-state index in [0.29, 0.717) is 17.5 Å². The van der Waals surface area contributed by atoms with Gasteiger partial charge < -0.3 is 9.72 Å². The van der Waals surface area contributed by atoms with Gasteiger partial charge in [-0.05, 0) is 24.6 Å². The molecule has 0 radical (unpaired) electrons. The SMILES string of the molecule is CCCCOc1c(F)cc(F)cc1-c1nc2ccccc2c(=O)[nH]1. The molecule has 24 heavy (non-hydrogen) atoms. The summed E-state index contributed by atoms with van der Waals surface area (Å²) in [5, 5.41) is 0.409. The van der Waals surface area contributed by atoms with Crippen LogP contribution in [-0.4, -0.2) is 16.6 Å². The van der Waals surface area contributed by atoms with Gasteiger partial charge in [-0.1, -0.05) is 25.5 Å². The van der Waals surface area contributed by atoms with Crippen LogP contribution in [0.25, 0.3) is 22.3 Å². The highest BCUT2D eigenvalue weighted by molar-refractivity contribution is 5.80. The molecule has 6 heteroatoms. The van der Waals surface area contributed by atoms with Crippen LogP contribution in [0.1, 0.15) is 19.8 Å². The molecule has 0 aliphatic rings. The van der Waals surface area contributed by atoms with Crippen molar-refractivity contribution in [3.8, 4) is 17.1 Å². The van der Waals surface area contributed by atoms with Crippen molar-refractivity contribution in [2.75, 3.05) is 6.61 Å². The Bertz CT molecular complexity index is 938. The van der Waals surface area contributed by atoms with Gasteiger partial charge in [0.1, 0.15) is 11.6 Å². The average Bonchev–Trinajstić information content (AvgIpc) is 2.56. The first kappa shape index (κ1) is 16.1. The Balaban J connectivity index is 2.16. The van der Waals surface area contributed by atoms with Crippen molar-refractivity contribution in [3.63, 3.8) is 0 Å². The van der Waals surface area contributed by atoms with Gasteiger partial charge in [0, 0.05) is 6.07 Å². The van der Waals surface area contributed by atoms with E-state index in [1.165, 1.54) is 0 Å². The zero-order chi connectivity index (χ0) is 17.1. The lowest BCUT2D eigenvalue weighted by molar-refractivity contribution is 0.294. The second-order valence-electron chi connectivity index (χ2n) is 5.40. The Labute approximate surface area is 137 Å². The molecule has 0 amide bonds. The van der Waals surface area contributed by atoms with Gasteiger partial charge in [-0.3, -0.25) is 4.79 Å². The predicted molar refractivity (Wildman–Crippen MR) is 88.1 cm³/mol. The number of aromatic amines is 1. The maximum Gasteiger partial charge on any atom is 0.259 e. The molecule has 0 unspecified atom stereocenters. The van der Waals surface area contributed by atoms with E-state index in [-0.39, 0.29) is 22.7 Å². The van der Waals surface area contributed by atoms with E-state index in [4.69, 9.17) is 4.74 Å². The summed E-state index contributed by atoms with van der Waals surface area (Å²) in [5.41, 5.74) is 0.159. The first-order valence-corrected chi connectivity index (χ1v) is 7.71. The van der Waals surface area contributed by atoms with Crippen LogP contribution in [0.15, 0.2) is 41.2 Å². The molecular formula is C18H16F2N2O2. The highest BCUT2D eigenvalue weighted by Gasteiger charge is 2.17. The van der Waals surface area contributed by atoms with Crippen molar-refractivity contribution < 1.29 is 13.5 Å². The van der Waals surface area contributed by atoms with E-state index in [9.17, 15) is 13.6 Å². The minimum atomic E-state index is -0.822. The van der Waals surface area contributed by atoms with Gasteiger partial charge in [0.25, 0.3) is 5.56 Å². The third-order valence-electron chi connectivity index (χ3n) is 3.62. The number of benzene rings is 2. The van der Waals surface area contributed by atoms with Crippen LogP contribution < -0.4 is 10.3 Å². The number of halogens is 2. The summed E-state index contributed by atoms with van der Waals surface area (Å²) in [6.45, 7) is 2.28. The smallest absolute Gasteiger partial charge is 0.259 e. The highest BCUT2D eigenvalue weighted by atomic mass is 19.1. The minimum absolute atomic E-state index is 0.0728. The number of nitrogens with zero attached hydrogens (tertiary/aromatic N) is 1. The number of ether oxygens (including phenoxy) is 1. The molecule has 0 fully saturated rings. The van der Waals surface area contributed by atoms with Crippen molar-refractivity contribution in [3.05, 3.63) is 58.4 Å². The largest absolute Gasteiger partial charge is 0.490 e. The van der Waals surface area contributed by atoms with Crippen molar-refractivity contribution >= 4 is 10.9 Å². The second kappa shape index (κ2) is 6.78. The Morgan fingerprint density at radius 1 is 1.21 bits per heavy atom. The monoisotopic (exact) mass is 330 g/mol. The molecule has 0 bridgehead atoms. The summed E-state index contributed by atoms with van der Waals surface area (Å²) < 4.78 is 33.3. The Kier molecular flexibility index (Phi) is 4.55. The first-order chi connectivity index (χ1) is 11.6. The number of H-pyrrole nitrogens is 1. The summed E-state index contributed by atoms with van der Waals surface area (Å²) in [5.74, 6) is -1.62. The molecule has 0 aliphatic heterocycles. The Hall–Kier alpha value is -2.76. The summed E-state index contributed by atoms with van der Waals surface area (Å²) in [4.78, 5) is 19.1. The van der Waals surface area contributed by atoms with E-state index >= 15 is 0 Å². The quantitative estimate of drug-likeness (QED) is 0.718. The molecule has 1 heterocycles. The molecule has 0 saturated heterocycles. The number of unbranched alkanes of at least 4 members (excludes halogenated alkanes) is 1. The lowest BCUT2D eigenvalue weighted by Crippen LogP contribution is -2.11. The van der Waals surface area contributed by atoms with Gasteiger partial charge >= 0.3 is 0 Å². The van der Waals surface area contributed by atoms with E-state index in [1.807, 2.05) is 6.92 Å². The molecule has 1 N–H and O–H groups in total. The third-order valence-corrected chi connectivity index (χ3v) is 3.62. The fourth-order valence-corrected chi connectivity index (χ4v) is 2.42. The predicted octanol–water partition coefficient (Wildman–Crippen LogP) is 4.05. The average molecular weight is 330 g/mol. The summed E-state index contributed by atoms with van der Waals surface area (Å²) in [7, 11) is 0. The molecule has 3 rings (SSSR count). The zero-order valence-electron chi connectivity index (χ0n) is 13.1. The molecule has 4 nitrogen and oxygen atoms in total. The standard InChI is InChI=1S/C18H16F2N2O2/c1-2-3-8-24-16-13(9-11(19)10-14(16)20)17-21-15-7-5-4-6-12(15)18(23)22-17/h4-7,9-10H,2-3,8H2,1H3,(H,21,22,23). The fourth-order valence-electron chi connectivity index (χ4n) is 2.42. The molecular weight excluding hydrogens is 314 g/mol. The second-order valence-corrected chi connectivity index (χ2v) is 5.40. The molecule has 0 spiro atoms. The van der Waals surface area contributed by atoms with E-state index < -0.39 is 11.6 Å². The lowest BCUT2D eigenvalue weighted by Gasteiger charge is -2.12. The van der Waals surface area contributed by atoms with Gasteiger partial charge in [0.05, 0.1) is 23.1 Å². The van der Waals surface area contributed by atoms with Gasteiger partial charge in [0.15, 0.2) is 11.6 Å². The normalized spacial score (nSPS) is 11.0. The summed E-state index contributed by atoms with van der Waals surface area (Å²) in [6.07, 6.45) is 1.61. The molecule has 2 aromatic carbocycles. The van der Waals surface area contributed by atoms with Crippen molar-refractivity contribution in [2.45, 2.75) is 19.8 Å². The molecule has 124 valence electrons. The number of nitrogens with one attached hydrogen (secondary N) is 1. The van der Waals surface area contributed by atoms with Crippen molar-refractivity contribution in [2.24, 2.45) is 0 Å². The van der Waals surface area contributed by atoms with E-state index in [1.54, 1.807) is 24.3 Å². The number of aromatic nitrogens is 2. The van der Waals surface area contributed by atoms with Gasteiger partial charge in [-0.2, -0.15) is 0 Å². The summed E-state index contributed by atoms with van der Waals surface area (Å²) >= 11 is 0. The molecule has 1 aromatic heterocycles. The molecule has 0 saturated carbocycles. The van der Waals surface area contributed by atoms with Crippen LogP contribution >= 0.6 is 0 Å². The number of para-hydroxylation sites is 1. The minimum Gasteiger partial charge on any atom is -0.490 e. The van der Waals surface area contributed by atoms with Crippen LogP contribution in [0.2, 0.25) is 0 Å². The van der Waals surface area contributed by atoms with Crippen LogP contribution in [0, 0.1) is 11.6 Å². The van der Waals surface area contributed by atoms with E-state index in [0.717, 1.165) is 25.0 Å². The molecule has 0 atom stereocenters. The number of rotatable bonds is 5.